The molecule has 1 unspecified atom stereocenters. The number of hydrogen-bond acceptors (Lipinski definition) is 2. The van der Waals surface area contributed by atoms with Crippen molar-refractivity contribution in [3.05, 3.63) is 0 Å². The van der Waals surface area contributed by atoms with Crippen LogP contribution in [0.5, 0.6) is 0 Å². The minimum Gasteiger partial charge on any atom is -0.349 e. The summed E-state index contributed by atoms with van der Waals surface area (Å²) in [6.45, 7) is 4.32. The first-order chi connectivity index (χ1) is 6.24. The normalized spacial score (nSPS) is 47.2. The van der Waals surface area contributed by atoms with Crippen LogP contribution in [0.15, 0.2) is 0 Å². The van der Waals surface area contributed by atoms with Crippen molar-refractivity contribution in [1.29, 1.82) is 0 Å². The van der Waals surface area contributed by atoms with E-state index >= 15 is 0 Å². The molecule has 3 rings (SSSR count). The van der Waals surface area contributed by atoms with E-state index in [0.29, 0.717) is 23.7 Å². The van der Waals surface area contributed by atoms with E-state index in [1.54, 1.807) is 0 Å². The maximum atomic E-state index is 11.6. The molecular weight excluding hydrogens is 164 g/mol. The van der Waals surface area contributed by atoms with Gasteiger partial charge in [0, 0.05) is 24.9 Å². The van der Waals surface area contributed by atoms with Crippen molar-refractivity contribution in [2.45, 2.75) is 25.3 Å². The average molecular weight is 180 g/mol. The molecular formula is C10H16N2O. The molecule has 2 N–H and O–H groups in total. The molecule has 3 heteroatoms. The van der Waals surface area contributed by atoms with Gasteiger partial charge in [-0.3, -0.25) is 4.79 Å². The molecule has 1 amide bonds. The number of carbonyl (C=O) groups is 1. The van der Waals surface area contributed by atoms with Crippen LogP contribution in [0.1, 0.15) is 19.8 Å². The first kappa shape index (κ1) is 7.80. The number of piperidine rings is 1. The Balaban J connectivity index is 1.68. The summed E-state index contributed by atoms with van der Waals surface area (Å²) in [7, 11) is 0. The molecule has 1 heterocycles. The lowest BCUT2D eigenvalue weighted by atomic mass is 10.2. The van der Waals surface area contributed by atoms with Crippen molar-refractivity contribution < 1.29 is 4.79 Å². The second-order valence-electron chi connectivity index (χ2n) is 4.83. The highest BCUT2D eigenvalue weighted by Gasteiger charge is 2.65. The quantitative estimate of drug-likeness (QED) is 0.634. The fourth-order valence-electron chi connectivity index (χ4n) is 2.74. The molecule has 0 aromatic rings. The van der Waals surface area contributed by atoms with E-state index in [1.807, 2.05) is 0 Å². The first-order valence-electron chi connectivity index (χ1n) is 5.27. The van der Waals surface area contributed by atoms with Gasteiger partial charge in [0.05, 0.1) is 5.54 Å². The second kappa shape index (κ2) is 2.27. The summed E-state index contributed by atoms with van der Waals surface area (Å²) in [6.07, 6.45) is 2.21. The highest BCUT2D eigenvalue weighted by Crippen LogP contribution is 2.52. The largest absolute Gasteiger partial charge is 0.349 e. The molecule has 13 heavy (non-hydrogen) atoms. The topological polar surface area (TPSA) is 41.1 Å². The Morgan fingerprint density at radius 3 is 2.85 bits per heavy atom. The van der Waals surface area contributed by atoms with Crippen molar-refractivity contribution in [2.75, 3.05) is 13.1 Å². The van der Waals surface area contributed by atoms with Crippen LogP contribution in [-0.2, 0) is 4.79 Å². The number of rotatable bonds is 2. The van der Waals surface area contributed by atoms with E-state index < -0.39 is 0 Å². The molecule has 0 spiro atoms. The lowest BCUT2D eigenvalue weighted by Crippen LogP contribution is -2.43. The van der Waals surface area contributed by atoms with E-state index in [2.05, 4.69) is 17.6 Å². The molecule has 3 nitrogen and oxygen atoms in total. The smallest absolute Gasteiger partial charge is 0.223 e. The molecule has 3 atom stereocenters. The first-order valence-corrected chi connectivity index (χ1v) is 5.27. The minimum absolute atomic E-state index is 0.152. The van der Waals surface area contributed by atoms with Gasteiger partial charge in [0.1, 0.15) is 0 Å². The minimum atomic E-state index is 0.152. The summed E-state index contributed by atoms with van der Waals surface area (Å²) in [5.41, 5.74) is 0.152. The van der Waals surface area contributed by atoms with Crippen molar-refractivity contribution in [2.24, 2.45) is 17.8 Å². The van der Waals surface area contributed by atoms with Gasteiger partial charge in [0.15, 0.2) is 0 Å². The van der Waals surface area contributed by atoms with Crippen molar-refractivity contribution in [1.82, 2.24) is 10.6 Å². The third-order valence-electron chi connectivity index (χ3n) is 4.05. The Morgan fingerprint density at radius 2 is 2.31 bits per heavy atom. The lowest BCUT2D eigenvalue weighted by Gasteiger charge is -2.15. The molecule has 0 bridgehead atoms. The fraction of sp³-hybridized carbons (Fsp3) is 0.900. The third kappa shape index (κ3) is 0.966. The number of carbonyl (C=O) groups excluding carboxylic acids is 1. The van der Waals surface area contributed by atoms with Crippen LogP contribution < -0.4 is 10.6 Å². The van der Waals surface area contributed by atoms with E-state index in [0.717, 1.165) is 25.9 Å². The third-order valence-corrected chi connectivity index (χ3v) is 4.05. The Labute approximate surface area is 78.3 Å². The van der Waals surface area contributed by atoms with Gasteiger partial charge in [0.25, 0.3) is 0 Å². The van der Waals surface area contributed by atoms with Crippen LogP contribution >= 0.6 is 0 Å². The fourth-order valence-corrected chi connectivity index (χ4v) is 2.74. The van der Waals surface area contributed by atoms with Crippen molar-refractivity contribution in [3.63, 3.8) is 0 Å². The predicted molar refractivity (Wildman–Crippen MR) is 49.1 cm³/mol. The Morgan fingerprint density at radius 1 is 1.54 bits per heavy atom. The van der Waals surface area contributed by atoms with Gasteiger partial charge in [0.2, 0.25) is 5.91 Å². The summed E-state index contributed by atoms with van der Waals surface area (Å²) < 4.78 is 0. The highest BCUT2D eigenvalue weighted by molar-refractivity contribution is 5.82. The number of nitrogens with one attached hydrogen (secondary N) is 2. The van der Waals surface area contributed by atoms with Crippen LogP contribution in [0, 0.1) is 17.8 Å². The monoisotopic (exact) mass is 180 g/mol. The zero-order valence-corrected chi connectivity index (χ0v) is 7.97. The summed E-state index contributed by atoms with van der Waals surface area (Å²) in [6, 6.07) is 0. The van der Waals surface area contributed by atoms with Gasteiger partial charge in [-0.15, -0.1) is 0 Å². The molecule has 3 fully saturated rings. The van der Waals surface area contributed by atoms with Crippen LogP contribution in [-0.4, -0.2) is 24.5 Å². The lowest BCUT2D eigenvalue weighted by molar-refractivity contribution is -0.123. The van der Waals surface area contributed by atoms with Gasteiger partial charge in [-0.25, -0.2) is 0 Å². The maximum absolute atomic E-state index is 11.6. The molecule has 0 aromatic carbocycles. The summed E-state index contributed by atoms with van der Waals surface area (Å²) in [5, 5.41) is 6.58. The highest BCUT2D eigenvalue weighted by atomic mass is 16.2. The molecule has 2 aliphatic carbocycles. The van der Waals surface area contributed by atoms with E-state index in [1.165, 1.54) is 0 Å². The number of hydrogen-bond donors (Lipinski definition) is 2. The molecule has 2 saturated carbocycles. The summed E-state index contributed by atoms with van der Waals surface area (Å²) in [5.74, 6) is 2.05. The van der Waals surface area contributed by atoms with Gasteiger partial charge >= 0.3 is 0 Å². The Bertz CT molecular complexity index is 262. The number of fused-ring (bicyclic) bond motifs is 1. The molecule has 72 valence electrons. The zero-order chi connectivity index (χ0) is 9.05. The van der Waals surface area contributed by atoms with Crippen LogP contribution in [0.4, 0.5) is 0 Å². The molecule has 3 aliphatic rings. The van der Waals surface area contributed by atoms with Crippen molar-refractivity contribution >= 4 is 5.91 Å². The van der Waals surface area contributed by atoms with Gasteiger partial charge < -0.3 is 10.6 Å². The summed E-state index contributed by atoms with van der Waals surface area (Å²) >= 11 is 0. The second-order valence-corrected chi connectivity index (χ2v) is 4.83. The Kier molecular flexibility index (Phi) is 1.36. The van der Waals surface area contributed by atoms with Crippen LogP contribution in [0.25, 0.3) is 0 Å². The molecule has 1 saturated heterocycles. The van der Waals surface area contributed by atoms with Crippen LogP contribution in [0.2, 0.25) is 0 Å². The number of amides is 1. The SMILES string of the molecule is C[C@H]1C2CNC[C@]21NC(=O)C1CC1. The summed E-state index contributed by atoms with van der Waals surface area (Å²) in [4.78, 5) is 11.6. The molecule has 1 aliphatic heterocycles. The Hall–Kier alpha value is -0.570. The zero-order valence-electron chi connectivity index (χ0n) is 7.97. The maximum Gasteiger partial charge on any atom is 0.223 e. The van der Waals surface area contributed by atoms with Gasteiger partial charge in [-0.1, -0.05) is 6.92 Å². The van der Waals surface area contributed by atoms with Gasteiger partial charge in [-0.05, 0) is 18.8 Å². The predicted octanol–water partition coefficient (Wildman–Crippen LogP) is 0.120. The van der Waals surface area contributed by atoms with E-state index in [-0.39, 0.29) is 5.54 Å². The van der Waals surface area contributed by atoms with Crippen LogP contribution in [0.3, 0.4) is 0 Å². The molecule has 0 aromatic heterocycles. The van der Waals surface area contributed by atoms with E-state index in [9.17, 15) is 4.79 Å². The standard InChI is InChI=1S/C10H16N2O/c1-6-8-4-11-5-10(6,8)12-9(13)7-2-3-7/h6-8,11H,2-5H2,1H3,(H,12,13)/t6-,8?,10+/m0/s1. The molecule has 0 radical (unpaired) electrons. The van der Waals surface area contributed by atoms with Gasteiger partial charge in [-0.2, -0.15) is 0 Å². The van der Waals surface area contributed by atoms with Crippen molar-refractivity contribution in [3.8, 4) is 0 Å². The van der Waals surface area contributed by atoms with E-state index in [4.69, 9.17) is 0 Å². The average Bonchev–Trinajstić information content (AvgIpc) is 2.97.